The third-order valence-corrected chi connectivity index (χ3v) is 5.31. The lowest BCUT2D eigenvalue weighted by molar-refractivity contribution is 0.0746. The largest absolute Gasteiger partial charge is 0.493 e. The second kappa shape index (κ2) is 9.37. The molecule has 1 aliphatic rings. The van der Waals surface area contributed by atoms with Crippen molar-refractivity contribution in [3.05, 3.63) is 58.2 Å². The molecule has 1 fully saturated rings. The van der Waals surface area contributed by atoms with E-state index >= 15 is 0 Å². The Morgan fingerprint density at radius 2 is 1.90 bits per heavy atom. The maximum atomic E-state index is 13.1. The number of aromatic nitrogens is 1. The van der Waals surface area contributed by atoms with Crippen LogP contribution in [-0.2, 0) is 6.42 Å². The van der Waals surface area contributed by atoms with Crippen LogP contribution in [0.15, 0.2) is 37.1 Å². The van der Waals surface area contributed by atoms with Crippen LogP contribution in [0.1, 0.15) is 15.9 Å². The molecule has 0 unspecified atom stereocenters. The average Bonchev–Trinajstić information content (AvgIpc) is 2.73. The van der Waals surface area contributed by atoms with Crippen molar-refractivity contribution in [1.82, 2.24) is 9.88 Å². The molecule has 0 N–H and O–H groups in total. The summed E-state index contributed by atoms with van der Waals surface area (Å²) in [5.41, 5.74) is 1.43. The Balaban J connectivity index is 1.76. The number of ether oxygens (including phenoxy) is 2. The van der Waals surface area contributed by atoms with Gasteiger partial charge in [-0.1, -0.05) is 29.3 Å². The van der Waals surface area contributed by atoms with Gasteiger partial charge in [0.05, 0.1) is 24.3 Å². The van der Waals surface area contributed by atoms with Crippen molar-refractivity contribution in [3.63, 3.8) is 0 Å². The normalized spacial score (nSPS) is 13.9. The number of piperazine rings is 1. The van der Waals surface area contributed by atoms with Gasteiger partial charge in [-0.25, -0.2) is 4.98 Å². The van der Waals surface area contributed by atoms with E-state index in [-0.39, 0.29) is 5.91 Å². The first-order chi connectivity index (χ1) is 14.0. The molecule has 154 valence electrons. The highest BCUT2D eigenvalue weighted by Gasteiger charge is 2.25. The van der Waals surface area contributed by atoms with Crippen LogP contribution in [-0.4, -0.2) is 56.2 Å². The van der Waals surface area contributed by atoms with E-state index in [1.165, 1.54) is 0 Å². The molecule has 2 heterocycles. The van der Waals surface area contributed by atoms with Gasteiger partial charge in [0.15, 0.2) is 11.5 Å². The number of nitrogens with zero attached hydrogens (tertiary/aromatic N) is 3. The van der Waals surface area contributed by atoms with E-state index in [9.17, 15) is 4.79 Å². The molecule has 29 heavy (non-hydrogen) atoms. The first-order valence-electron chi connectivity index (χ1n) is 9.19. The van der Waals surface area contributed by atoms with Crippen LogP contribution in [0.4, 0.5) is 5.82 Å². The quantitative estimate of drug-likeness (QED) is 0.639. The molecule has 3 rings (SSSR count). The minimum absolute atomic E-state index is 0.0499. The monoisotopic (exact) mass is 435 g/mol. The molecular formula is C21H23Cl2N3O3. The smallest absolute Gasteiger partial charge is 0.254 e. The van der Waals surface area contributed by atoms with Crippen LogP contribution in [0.25, 0.3) is 0 Å². The average molecular weight is 436 g/mol. The first-order valence-corrected chi connectivity index (χ1v) is 9.95. The highest BCUT2D eigenvalue weighted by Crippen LogP contribution is 2.34. The SMILES string of the molecule is C=CCc1cc(C(=O)N2CCN(c3ncc(Cl)cc3Cl)CC2)cc(OC)c1OC. The van der Waals surface area contributed by atoms with Gasteiger partial charge in [-0.05, 0) is 24.6 Å². The number of pyridine rings is 1. The Hall–Kier alpha value is -2.44. The second-order valence-electron chi connectivity index (χ2n) is 6.60. The number of carbonyl (C=O) groups excluding carboxylic acids is 1. The second-order valence-corrected chi connectivity index (χ2v) is 7.45. The number of carbonyl (C=O) groups is 1. The molecular weight excluding hydrogens is 413 g/mol. The van der Waals surface area contributed by atoms with E-state index in [1.807, 2.05) is 11.0 Å². The van der Waals surface area contributed by atoms with Crippen LogP contribution in [0.2, 0.25) is 10.0 Å². The van der Waals surface area contributed by atoms with Crippen molar-refractivity contribution in [1.29, 1.82) is 0 Å². The molecule has 1 amide bonds. The van der Waals surface area contributed by atoms with Crippen LogP contribution in [0.3, 0.4) is 0 Å². The Morgan fingerprint density at radius 1 is 1.17 bits per heavy atom. The van der Waals surface area contributed by atoms with Crippen molar-refractivity contribution < 1.29 is 14.3 Å². The minimum Gasteiger partial charge on any atom is -0.493 e. The van der Waals surface area contributed by atoms with Gasteiger partial charge in [-0.3, -0.25) is 4.79 Å². The number of hydrogen-bond acceptors (Lipinski definition) is 5. The molecule has 0 radical (unpaired) electrons. The van der Waals surface area contributed by atoms with E-state index in [2.05, 4.69) is 16.5 Å². The fraction of sp³-hybridized carbons (Fsp3) is 0.333. The van der Waals surface area contributed by atoms with Gasteiger partial charge in [0.2, 0.25) is 0 Å². The van der Waals surface area contributed by atoms with Crippen molar-refractivity contribution in [2.24, 2.45) is 0 Å². The molecule has 0 saturated carbocycles. The van der Waals surface area contributed by atoms with E-state index in [4.69, 9.17) is 32.7 Å². The Labute approximate surface area is 180 Å². The summed E-state index contributed by atoms with van der Waals surface area (Å²) >= 11 is 12.2. The molecule has 0 atom stereocenters. The van der Waals surface area contributed by atoms with E-state index in [0.29, 0.717) is 65.5 Å². The molecule has 1 aliphatic heterocycles. The predicted octanol–water partition coefficient (Wildman–Crippen LogP) is 4.10. The minimum atomic E-state index is -0.0499. The summed E-state index contributed by atoms with van der Waals surface area (Å²) in [7, 11) is 3.15. The number of amides is 1. The summed E-state index contributed by atoms with van der Waals surface area (Å²) in [4.78, 5) is 21.3. The number of rotatable bonds is 6. The summed E-state index contributed by atoms with van der Waals surface area (Å²) in [5, 5.41) is 1.00. The van der Waals surface area contributed by atoms with Crippen LogP contribution >= 0.6 is 23.2 Å². The summed E-state index contributed by atoms with van der Waals surface area (Å²) < 4.78 is 10.9. The molecule has 0 aliphatic carbocycles. The maximum absolute atomic E-state index is 13.1. The molecule has 1 saturated heterocycles. The van der Waals surface area contributed by atoms with E-state index in [1.54, 1.807) is 38.6 Å². The molecule has 8 heteroatoms. The van der Waals surface area contributed by atoms with Crippen LogP contribution < -0.4 is 14.4 Å². The number of halogens is 2. The lowest BCUT2D eigenvalue weighted by Crippen LogP contribution is -2.49. The maximum Gasteiger partial charge on any atom is 0.254 e. The van der Waals surface area contributed by atoms with E-state index < -0.39 is 0 Å². The zero-order valence-electron chi connectivity index (χ0n) is 16.5. The van der Waals surface area contributed by atoms with Gasteiger partial charge >= 0.3 is 0 Å². The molecule has 2 aromatic rings. The third-order valence-electron chi connectivity index (χ3n) is 4.82. The number of methoxy groups -OCH3 is 2. The van der Waals surface area contributed by atoms with Crippen LogP contribution in [0, 0.1) is 0 Å². The fourth-order valence-corrected chi connectivity index (χ4v) is 3.92. The lowest BCUT2D eigenvalue weighted by Gasteiger charge is -2.36. The summed E-state index contributed by atoms with van der Waals surface area (Å²) in [6.07, 6.45) is 3.92. The molecule has 1 aromatic heterocycles. The third kappa shape index (κ3) is 4.60. The molecule has 1 aromatic carbocycles. The Morgan fingerprint density at radius 3 is 2.48 bits per heavy atom. The Bertz CT molecular complexity index is 912. The van der Waals surface area contributed by atoms with Gasteiger partial charge in [-0.2, -0.15) is 0 Å². The summed E-state index contributed by atoms with van der Waals surface area (Å²) in [5.74, 6) is 1.79. The topological polar surface area (TPSA) is 54.9 Å². The molecule has 6 nitrogen and oxygen atoms in total. The number of anilines is 1. The fourth-order valence-electron chi connectivity index (χ4n) is 3.42. The zero-order valence-corrected chi connectivity index (χ0v) is 18.0. The lowest BCUT2D eigenvalue weighted by atomic mass is 10.0. The van der Waals surface area contributed by atoms with Gasteiger partial charge in [0.1, 0.15) is 5.82 Å². The molecule has 0 bridgehead atoms. The van der Waals surface area contributed by atoms with Crippen molar-refractivity contribution >= 4 is 34.9 Å². The van der Waals surface area contributed by atoms with Gasteiger partial charge in [0, 0.05) is 43.5 Å². The van der Waals surface area contributed by atoms with Crippen molar-refractivity contribution in [2.45, 2.75) is 6.42 Å². The molecule has 0 spiro atoms. The Kier molecular flexibility index (Phi) is 6.87. The predicted molar refractivity (Wildman–Crippen MR) is 116 cm³/mol. The number of benzene rings is 1. The first kappa shape index (κ1) is 21.3. The van der Waals surface area contributed by atoms with E-state index in [0.717, 1.165) is 5.56 Å². The number of hydrogen-bond donors (Lipinski definition) is 0. The van der Waals surface area contributed by atoms with Gasteiger partial charge < -0.3 is 19.3 Å². The zero-order chi connectivity index (χ0) is 21.0. The standard InChI is InChI=1S/C21H23Cl2N3O3/c1-4-5-14-10-15(11-18(28-2)19(14)29-3)21(27)26-8-6-25(7-9-26)20-17(23)12-16(22)13-24-20/h4,10-13H,1,5-9H2,2-3H3. The van der Waals surface area contributed by atoms with Crippen molar-refractivity contribution in [2.75, 3.05) is 45.3 Å². The van der Waals surface area contributed by atoms with Gasteiger partial charge in [0.25, 0.3) is 5.91 Å². The highest BCUT2D eigenvalue weighted by atomic mass is 35.5. The highest BCUT2D eigenvalue weighted by molar-refractivity contribution is 6.36. The number of allylic oxidation sites excluding steroid dienone is 1. The van der Waals surface area contributed by atoms with Crippen molar-refractivity contribution in [3.8, 4) is 11.5 Å². The summed E-state index contributed by atoms with van der Waals surface area (Å²) in [6.45, 7) is 6.16. The summed E-state index contributed by atoms with van der Waals surface area (Å²) in [6, 6.07) is 5.24. The van der Waals surface area contributed by atoms with Gasteiger partial charge in [-0.15, -0.1) is 6.58 Å². The van der Waals surface area contributed by atoms with Crippen LogP contribution in [0.5, 0.6) is 11.5 Å².